The summed E-state index contributed by atoms with van der Waals surface area (Å²) in [4.78, 5) is 25.8. The lowest BCUT2D eigenvalue weighted by atomic mass is 10.00. The van der Waals surface area contributed by atoms with Crippen LogP contribution in [0.2, 0.25) is 0 Å². The molecule has 0 spiro atoms. The van der Waals surface area contributed by atoms with Crippen molar-refractivity contribution < 1.29 is 9.59 Å². The molecule has 7 nitrogen and oxygen atoms in total. The smallest absolute Gasteiger partial charge is 0.322 e. The summed E-state index contributed by atoms with van der Waals surface area (Å²) in [5.41, 5.74) is 1.73. The molecule has 1 atom stereocenters. The van der Waals surface area contributed by atoms with Crippen molar-refractivity contribution in [1.29, 1.82) is 0 Å². The van der Waals surface area contributed by atoms with Crippen LogP contribution >= 0.6 is 11.3 Å². The number of imide groups is 1. The Kier molecular flexibility index (Phi) is 5.02. The van der Waals surface area contributed by atoms with Gasteiger partial charge in [0.25, 0.3) is 5.91 Å². The first kappa shape index (κ1) is 19.1. The monoisotopic (exact) mass is 407 g/mol. The first-order valence-electron chi connectivity index (χ1n) is 9.36. The second-order valence-electron chi connectivity index (χ2n) is 7.07. The predicted molar refractivity (Wildman–Crippen MR) is 113 cm³/mol. The highest BCUT2D eigenvalue weighted by Crippen LogP contribution is 2.27. The number of aromatic nitrogens is 2. The van der Waals surface area contributed by atoms with Gasteiger partial charge in [-0.15, -0.1) is 16.3 Å². The van der Waals surface area contributed by atoms with E-state index in [0.717, 1.165) is 26.7 Å². The largest absolute Gasteiger partial charge is 0.346 e. The van der Waals surface area contributed by atoms with Crippen molar-refractivity contribution in [3.63, 3.8) is 0 Å². The van der Waals surface area contributed by atoms with E-state index in [9.17, 15) is 9.59 Å². The van der Waals surface area contributed by atoms with Crippen LogP contribution in [0.3, 0.4) is 0 Å². The molecule has 3 amide bonds. The fraction of sp³-hybridized carbons (Fsp3) is 0.238. The third kappa shape index (κ3) is 3.71. The summed E-state index contributed by atoms with van der Waals surface area (Å²) in [6.45, 7) is 4.18. The molecule has 0 saturated carbocycles. The molecule has 1 aromatic carbocycles. The molecule has 1 aliphatic rings. The molecule has 4 rings (SSSR count). The summed E-state index contributed by atoms with van der Waals surface area (Å²) >= 11 is 1.58. The number of amides is 3. The lowest BCUT2D eigenvalue weighted by molar-refractivity contribution is -0.130. The van der Waals surface area contributed by atoms with Crippen LogP contribution in [0.4, 0.5) is 4.79 Å². The Morgan fingerprint density at radius 1 is 1.21 bits per heavy atom. The van der Waals surface area contributed by atoms with E-state index in [1.807, 2.05) is 65.6 Å². The minimum Gasteiger partial charge on any atom is -0.322 e. The van der Waals surface area contributed by atoms with Crippen LogP contribution < -0.4 is 5.32 Å². The van der Waals surface area contributed by atoms with E-state index in [0.29, 0.717) is 13.0 Å². The average Bonchev–Trinajstić information content (AvgIpc) is 3.42. The summed E-state index contributed by atoms with van der Waals surface area (Å²) in [7, 11) is 0. The number of carbonyl (C=O) groups is 2. The van der Waals surface area contributed by atoms with E-state index in [4.69, 9.17) is 5.10 Å². The van der Waals surface area contributed by atoms with E-state index in [1.165, 1.54) is 6.21 Å². The topological polar surface area (TPSA) is 79.6 Å². The predicted octanol–water partition coefficient (Wildman–Crippen LogP) is 3.71. The molecular formula is C21H21N5O2S. The number of carbonyl (C=O) groups excluding carboxylic acids is 2. The van der Waals surface area contributed by atoms with Crippen molar-refractivity contribution in [2.75, 3.05) is 0 Å². The number of urea groups is 1. The highest BCUT2D eigenvalue weighted by Gasteiger charge is 2.46. The summed E-state index contributed by atoms with van der Waals surface area (Å²) in [5, 5.41) is 14.5. The zero-order chi connectivity index (χ0) is 20.4. The molecule has 8 heteroatoms. The maximum Gasteiger partial charge on any atom is 0.346 e. The molecular weight excluding hydrogens is 386 g/mol. The Morgan fingerprint density at radius 3 is 2.66 bits per heavy atom. The average molecular weight is 407 g/mol. The second kappa shape index (κ2) is 7.63. The van der Waals surface area contributed by atoms with Gasteiger partial charge >= 0.3 is 6.03 Å². The van der Waals surface area contributed by atoms with Gasteiger partial charge in [0.15, 0.2) is 0 Å². The van der Waals surface area contributed by atoms with Crippen LogP contribution in [0.15, 0.2) is 59.1 Å². The number of hydrazone groups is 1. The maximum atomic E-state index is 12.6. The highest BCUT2D eigenvalue weighted by atomic mass is 32.1. The van der Waals surface area contributed by atoms with Crippen molar-refractivity contribution in [2.24, 2.45) is 5.10 Å². The van der Waals surface area contributed by atoms with Gasteiger partial charge in [-0.25, -0.2) is 4.79 Å². The van der Waals surface area contributed by atoms with Gasteiger partial charge in [0.1, 0.15) is 11.2 Å². The highest BCUT2D eigenvalue weighted by molar-refractivity contribution is 7.13. The molecule has 3 aromatic rings. The molecule has 1 N–H and O–H groups in total. The van der Waals surface area contributed by atoms with E-state index in [1.54, 1.807) is 18.3 Å². The Morgan fingerprint density at radius 2 is 2.00 bits per heavy atom. The third-order valence-electron chi connectivity index (χ3n) is 4.99. The van der Waals surface area contributed by atoms with Gasteiger partial charge in [0.2, 0.25) is 0 Å². The normalized spacial score (nSPS) is 19.3. The molecule has 0 radical (unpaired) electrons. The lowest BCUT2D eigenvalue weighted by Crippen LogP contribution is -2.42. The van der Waals surface area contributed by atoms with Crippen molar-refractivity contribution in [3.05, 3.63) is 65.2 Å². The number of rotatable bonds is 6. The van der Waals surface area contributed by atoms with Crippen molar-refractivity contribution in [1.82, 2.24) is 20.1 Å². The van der Waals surface area contributed by atoms with Crippen molar-refractivity contribution in [3.8, 4) is 10.6 Å². The van der Waals surface area contributed by atoms with Crippen LogP contribution in [0.5, 0.6) is 0 Å². The number of hydrogen-bond donors (Lipinski definition) is 1. The zero-order valence-electron chi connectivity index (χ0n) is 16.2. The van der Waals surface area contributed by atoms with Crippen LogP contribution in [-0.4, -0.2) is 38.5 Å². The Balaban J connectivity index is 1.65. The lowest BCUT2D eigenvalue weighted by Gasteiger charge is -2.17. The molecule has 148 valence electrons. The van der Waals surface area contributed by atoms with Crippen LogP contribution in [0, 0.1) is 0 Å². The second-order valence-corrected chi connectivity index (χ2v) is 8.02. The SMILES string of the molecule is CCC1(C)NC(=O)N(/N=C/c2cn(Cc3ccccc3)nc2-c2cccs2)C1=O. The number of hydrogen-bond acceptors (Lipinski definition) is 5. The molecule has 1 aliphatic heterocycles. The Hall–Kier alpha value is -3.26. The third-order valence-corrected chi connectivity index (χ3v) is 5.87. The number of thiophene rings is 1. The maximum absolute atomic E-state index is 12.6. The van der Waals surface area contributed by atoms with Gasteiger partial charge in [-0.05, 0) is 30.4 Å². The van der Waals surface area contributed by atoms with Gasteiger partial charge in [-0.2, -0.15) is 10.2 Å². The molecule has 1 unspecified atom stereocenters. The molecule has 1 fully saturated rings. The minimum atomic E-state index is -0.914. The van der Waals surface area contributed by atoms with Gasteiger partial charge in [0.05, 0.1) is 17.6 Å². The summed E-state index contributed by atoms with van der Waals surface area (Å²) < 4.78 is 1.84. The molecule has 1 saturated heterocycles. The number of nitrogens with one attached hydrogen (secondary N) is 1. The summed E-state index contributed by atoms with van der Waals surface area (Å²) in [6, 6.07) is 13.5. The fourth-order valence-corrected chi connectivity index (χ4v) is 3.85. The van der Waals surface area contributed by atoms with Crippen molar-refractivity contribution in [2.45, 2.75) is 32.4 Å². The standard InChI is InChI=1S/C21H21N5O2S/c1-3-21(2)19(27)26(20(28)23-21)22-12-16-14-25(13-15-8-5-4-6-9-15)24-18(16)17-10-7-11-29-17/h4-12,14H,3,13H2,1-2H3,(H,23,28)/b22-12+. The number of nitrogens with zero attached hydrogens (tertiary/aromatic N) is 4. The van der Waals surface area contributed by atoms with Crippen LogP contribution in [0.1, 0.15) is 31.4 Å². The molecule has 29 heavy (non-hydrogen) atoms. The van der Waals surface area contributed by atoms with Gasteiger partial charge in [-0.3, -0.25) is 9.48 Å². The van der Waals surface area contributed by atoms with E-state index in [2.05, 4.69) is 10.4 Å². The summed E-state index contributed by atoms with van der Waals surface area (Å²) in [5.74, 6) is -0.351. The molecule has 2 aromatic heterocycles. The molecule has 3 heterocycles. The van der Waals surface area contributed by atoms with E-state index in [-0.39, 0.29) is 5.91 Å². The van der Waals surface area contributed by atoms with Gasteiger partial charge in [0, 0.05) is 11.8 Å². The van der Waals surface area contributed by atoms with E-state index < -0.39 is 11.6 Å². The summed E-state index contributed by atoms with van der Waals surface area (Å²) in [6.07, 6.45) is 3.91. The quantitative estimate of drug-likeness (QED) is 0.500. The Labute approximate surface area is 172 Å². The fourth-order valence-electron chi connectivity index (χ4n) is 3.12. The van der Waals surface area contributed by atoms with Gasteiger partial charge in [-0.1, -0.05) is 43.3 Å². The van der Waals surface area contributed by atoms with Crippen LogP contribution in [0.25, 0.3) is 10.6 Å². The van der Waals surface area contributed by atoms with Gasteiger partial charge < -0.3 is 5.32 Å². The Bertz CT molecular complexity index is 1060. The van der Waals surface area contributed by atoms with Crippen molar-refractivity contribution >= 4 is 29.5 Å². The number of benzene rings is 1. The van der Waals surface area contributed by atoms with Crippen LogP contribution in [-0.2, 0) is 11.3 Å². The zero-order valence-corrected chi connectivity index (χ0v) is 17.0. The minimum absolute atomic E-state index is 0.351. The van der Waals surface area contributed by atoms with E-state index >= 15 is 0 Å². The molecule has 0 aliphatic carbocycles. The molecule has 0 bridgehead atoms. The first-order chi connectivity index (χ1) is 14.0. The first-order valence-corrected chi connectivity index (χ1v) is 10.2.